The van der Waals surface area contributed by atoms with Gasteiger partial charge in [0.1, 0.15) is 0 Å². The molecule has 0 heterocycles. The Balaban J connectivity index is -0.0000000457. The van der Waals surface area contributed by atoms with Gasteiger partial charge in [-0.25, -0.2) is 0 Å². The van der Waals surface area contributed by atoms with Crippen LogP contribution in [0.3, 0.4) is 0 Å². The first kappa shape index (κ1) is 23.0. The standard InChI is InChI=1S/2ClHO4.Fe.H2O/c2*2-1(3,4)5;;/h2*(H,2,3,4,5);;1H2. The molecule has 0 aliphatic heterocycles. The van der Waals surface area contributed by atoms with Crippen LogP contribution in [0.4, 0.5) is 0 Å². The van der Waals surface area contributed by atoms with E-state index in [9.17, 15) is 0 Å². The molecular weight excluding hydrogens is 271 g/mol. The van der Waals surface area contributed by atoms with Crippen molar-refractivity contribution in [2.45, 2.75) is 0 Å². The summed E-state index contributed by atoms with van der Waals surface area (Å²) in [4.78, 5) is 0. The van der Waals surface area contributed by atoms with Gasteiger partial charge in [0.2, 0.25) is 0 Å². The van der Waals surface area contributed by atoms with Crippen molar-refractivity contribution in [1.82, 2.24) is 0 Å². The molecule has 0 aliphatic rings. The molecular formula is H4Cl2FeO9. The molecule has 0 saturated carbocycles. The van der Waals surface area contributed by atoms with Gasteiger partial charge in [-0.1, -0.05) is 0 Å². The van der Waals surface area contributed by atoms with Crippen molar-refractivity contribution >= 4 is 0 Å². The van der Waals surface area contributed by atoms with E-state index in [1.165, 1.54) is 0 Å². The Kier molecular flexibility index (Phi) is 16.0. The second-order valence-electron chi connectivity index (χ2n) is 0.792. The molecule has 0 aromatic heterocycles. The third kappa shape index (κ3) is 1860. The van der Waals surface area contributed by atoms with Crippen LogP contribution in [0.25, 0.3) is 0 Å². The molecule has 12 heavy (non-hydrogen) atoms. The van der Waals surface area contributed by atoms with Crippen LogP contribution in [0.2, 0.25) is 0 Å². The van der Waals surface area contributed by atoms with E-state index >= 15 is 0 Å². The van der Waals surface area contributed by atoms with E-state index in [-0.39, 0.29) is 22.5 Å². The van der Waals surface area contributed by atoms with Crippen LogP contribution in [-0.2, 0) is 17.1 Å². The van der Waals surface area contributed by atoms with Crippen LogP contribution in [0.15, 0.2) is 0 Å². The largest absolute Gasteiger partial charge is 0.412 e. The van der Waals surface area contributed by atoms with Gasteiger partial charge in [-0.2, -0.15) is 28.0 Å². The van der Waals surface area contributed by atoms with Crippen molar-refractivity contribution in [1.29, 1.82) is 0 Å². The Morgan fingerprint density at radius 2 is 0.667 bits per heavy atom. The summed E-state index contributed by atoms with van der Waals surface area (Å²) in [6.45, 7) is 0. The van der Waals surface area contributed by atoms with Gasteiger partial charge in [0.15, 0.2) is 0 Å². The third-order valence-electron chi connectivity index (χ3n) is 0. The molecule has 0 fully saturated rings. The van der Waals surface area contributed by atoms with Crippen molar-refractivity contribution in [3.63, 3.8) is 0 Å². The Morgan fingerprint density at radius 1 is 0.667 bits per heavy atom. The predicted molar refractivity (Wildman–Crippen MR) is 8.05 cm³/mol. The molecule has 0 unspecified atom stereocenters. The first-order chi connectivity index (χ1) is 4.00. The summed E-state index contributed by atoms with van der Waals surface area (Å²) < 4.78 is 65.4. The maximum absolute atomic E-state index is 8.60. The monoisotopic (exact) mass is 274 g/mol. The van der Waals surface area contributed by atoms with Gasteiger partial charge in [-0.05, 0) is 0 Å². The fourth-order valence-corrected chi connectivity index (χ4v) is 0. The number of rotatable bonds is 0. The average Bonchev–Trinajstić information content (AvgIpc) is 1.12. The van der Waals surface area contributed by atoms with Crippen LogP contribution < -0.4 is 28.0 Å². The van der Waals surface area contributed by atoms with Crippen molar-refractivity contribution < 1.29 is 80.3 Å². The Hall–Kier alpha value is 0.739. The predicted octanol–water partition coefficient (Wildman–Crippen LogP) is -9.08. The minimum Gasteiger partial charge on any atom is -0.412 e. The van der Waals surface area contributed by atoms with Crippen LogP contribution in [0.5, 0.6) is 0 Å². The zero-order chi connectivity index (χ0) is 9.00. The molecule has 0 rings (SSSR count). The van der Waals surface area contributed by atoms with E-state index in [2.05, 4.69) is 0 Å². The molecule has 9 nitrogen and oxygen atoms in total. The van der Waals surface area contributed by atoms with Crippen molar-refractivity contribution in [3.8, 4) is 0 Å². The van der Waals surface area contributed by atoms with Crippen LogP contribution in [0, 0.1) is 20.5 Å². The van der Waals surface area contributed by atoms with Crippen molar-refractivity contribution in [2.24, 2.45) is 0 Å². The quantitative estimate of drug-likeness (QED) is 0.404. The SMILES string of the molecule is O.[Fe].[O-][Cl+3]([O-])([O-])O.[O-][Cl+3]([O-])([O-])O. The first-order valence-corrected chi connectivity index (χ1v) is 3.79. The number of halogens is 2. The normalized spacial score (nSPS) is 10.0. The average molecular weight is 275 g/mol. The van der Waals surface area contributed by atoms with E-state index in [4.69, 9.17) is 37.3 Å². The first-order valence-electron chi connectivity index (χ1n) is 1.26. The Morgan fingerprint density at radius 3 is 0.667 bits per heavy atom. The van der Waals surface area contributed by atoms with Gasteiger partial charge < -0.3 is 5.48 Å². The summed E-state index contributed by atoms with van der Waals surface area (Å²) in [5.41, 5.74) is 0. The van der Waals surface area contributed by atoms with Gasteiger partial charge in [0.05, 0.1) is 29.8 Å². The van der Waals surface area contributed by atoms with Crippen LogP contribution in [-0.4, -0.2) is 14.8 Å². The summed E-state index contributed by atoms with van der Waals surface area (Å²) >= 11 is 0. The maximum Gasteiger partial charge on any atom is 0.0777 e. The Labute approximate surface area is 80.7 Å². The minimum atomic E-state index is -4.69. The molecule has 0 saturated heterocycles. The topological polar surface area (TPSA) is 210 Å². The van der Waals surface area contributed by atoms with Gasteiger partial charge in [-0.3, -0.25) is 0 Å². The van der Waals surface area contributed by atoms with Gasteiger partial charge >= 0.3 is 0 Å². The molecule has 4 N–H and O–H groups in total. The van der Waals surface area contributed by atoms with Gasteiger partial charge in [0.25, 0.3) is 0 Å². The van der Waals surface area contributed by atoms with E-state index < -0.39 is 20.5 Å². The molecule has 0 amide bonds. The van der Waals surface area contributed by atoms with E-state index in [0.29, 0.717) is 0 Å². The molecule has 80 valence electrons. The number of hydrogen-bond donors (Lipinski definition) is 2. The smallest absolute Gasteiger partial charge is 0.0777 e. The molecule has 0 spiro atoms. The summed E-state index contributed by atoms with van der Waals surface area (Å²) in [5.74, 6) is 0. The molecule has 0 aromatic rings. The second kappa shape index (κ2) is 8.34. The zero-order valence-electron chi connectivity index (χ0n) is 4.95. The van der Waals surface area contributed by atoms with Crippen LogP contribution in [0.1, 0.15) is 0 Å². The third-order valence-corrected chi connectivity index (χ3v) is 0. The summed E-state index contributed by atoms with van der Waals surface area (Å²) in [6, 6.07) is 0. The van der Waals surface area contributed by atoms with E-state index in [1.807, 2.05) is 0 Å². The van der Waals surface area contributed by atoms with Crippen molar-refractivity contribution in [2.75, 3.05) is 0 Å². The Bertz CT molecular complexity index is 55.5. The zero-order valence-corrected chi connectivity index (χ0v) is 7.57. The molecule has 0 radical (unpaired) electrons. The van der Waals surface area contributed by atoms with Gasteiger partial charge in [0, 0.05) is 17.1 Å². The summed E-state index contributed by atoms with van der Waals surface area (Å²) in [6.07, 6.45) is 0. The van der Waals surface area contributed by atoms with Crippen molar-refractivity contribution in [3.05, 3.63) is 0 Å². The van der Waals surface area contributed by atoms with E-state index in [0.717, 1.165) is 0 Å². The molecule has 12 heteroatoms. The molecule has 0 aromatic carbocycles. The van der Waals surface area contributed by atoms with Gasteiger partial charge in [-0.15, -0.1) is 0 Å². The number of hydrogen-bond acceptors (Lipinski definition) is 8. The van der Waals surface area contributed by atoms with E-state index in [1.54, 1.807) is 0 Å². The molecule has 0 atom stereocenters. The maximum atomic E-state index is 8.60. The molecule has 0 aliphatic carbocycles. The summed E-state index contributed by atoms with van der Waals surface area (Å²) in [7, 11) is -9.39. The minimum absolute atomic E-state index is 0. The fourth-order valence-electron chi connectivity index (χ4n) is 0. The van der Waals surface area contributed by atoms with Crippen LogP contribution >= 0.6 is 0 Å². The molecule has 0 bridgehead atoms. The second-order valence-corrected chi connectivity index (χ2v) is 2.38. The summed E-state index contributed by atoms with van der Waals surface area (Å²) in [5, 5.41) is 0. The fraction of sp³-hybridized carbons (Fsp3) is 0.